The largest absolute Gasteiger partial charge is 0.377 e. The average Bonchev–Trinajstić information content (AvgIpc) is 2.82. The minimum absolute atomic E-state index is 0.418. The molecule has 0 saturated heterocycles. The summed E-state index contributed by atoms with van der Waals surface area (Å²) >= 11 is 5.25. The lowest BCUT2D eigenvalue weighted by molar-refractivity contribution is 0.764. The fourth-order valence-corrected chi connectivity index (χ4v) is 2.74. The number of hydrogen-bond donors (Lipinski definition) is 1. The van der Waals surface area contributed by atoms with Crippen molar-refractivity contribution in [3.8, 4) is 0 Å². The number of nitrogens with one attached hydrogen (secondary N) is 1. The molecule has 0 aliphatic rings. The molecule has 0 fully saturated rings. The van der Waals surface area contributed by atoms with Crippen LogP contribution in [0.4, 0.5) is 5.69 Å². The van der Waals surface area contributed by atoms with Gasteiger partial charge in [0.25, 0.3) is 0 Å². The Balaban J connectivity index is 2.10. The van der Waals surface area contributed by atoms with E-state index in [4.69, 9.17) is 0 Å². The zero-order chi connectivity index (χ0) is 11.4. The molecule has 0 amide bonds. The van der Waals surface area contributed by atoms with Crippen molar-refractivity contribution in [2.45, 2.75) is 19.4 Å². The van der Waals surface area contributed by atoms with Gasteiger partial charge in [-0.1, -0.05) is 28.9 Å². The van der Waals surface area contributed by atoms with E-state index in [1.807, 2.05) is 0 Å². The molecule has 0 aliphatic heterocycles. The summed E-state index contributed by atoms with van der Waals surface area (Å²) in [7, 11) is 0. The normalized spacial score (nSPS) is 12.4. The number of thiophene rings is 1. The molecule has 1 aromatic heterocycles. The van der Waals surface area contributed by atoms with Crippen LogP contribution < -0.4 is 5.32 Å². The van der Waals surface area contributed by atoms with Crippen molar-refractivity contribution in [1.29, 1.82) is 0 Å². The zero-order valence-electron chi connectivity index (χ0n) is 9.11. The molecule has 1 heterocycles. The predicted molar refractivity (Wildman–Crippen MR) is 75.1 cm³/mol. The minimum atomic E-state index is 0.418. The number of anilines is 1. The topological polar surface area (TPSA) is 12.0 Å². The second-order valence-electron chi connectivity index (χ2n) is 3.63. The molecule has 1 aromatic carbocycles. The smallest absolute Gasteiger partial charge is 0.0603 e. The molecule has 2 rings (SSSR count). The Morgan fingerprint density at radius 3 is 2.56 bits per heavy atom. The number of hydrogen-bond acceptors (Lipinski definition) is 2. The van der Waals surface area contributed by atoms with E-state index in [9.17, 15) is 0 Å². The number of benzene rings is 1. The summed E-state index contributed by atoms with van der Waals surface area (Å²) in [6.07, 6.45) is 1.09. The van der Waals surface area contributed by atoms with Crippen LogP contribution in [0.1, 0.15) is 24.3 Å². The van der Waals surface area contributed by atoms with Crippen LogP contribution >= 0.6 is 27.3 Å². The molecular formula is C13H14BrNS. The van der Waals surface area contributed by atoms with Gasteiger partial charge in [-0.2, -0.15) is 0 Å². The van der Waals surface area contributed by atoms with Gasteiger partial charge in [0.1, 0.15) is 0 Å². The third kappa shape index (κ3) is 2.86. The summed E-state index contributed by atoms with van der Waals surface area (Å²) in [5.41, 5.74) is 1.17. The maximum Gasteiger partial charge on any atom is 0.0603 e. The first kappa shape index (κ1) is 11.7. The molecule has 84 valence electrons. The quantitative estimate of drug-likeness (QED) is 0.830. The Morgan fingerprint density at radius 2 is 2.00 bits per heavy atom. The molecule has 3 heteroatoms. The fraction of sp³-hybridized carbons (Fsp3) is 0.231. The second-order valence-corrected chi connectivity index (χ2v) is 5.52. The average molecular weight is 296 g/mol. The van der Waals surface area contributed by atoms with E-state index in [0.29, 0.717) is 6.04 Å². The summed E-state index contributed by atoms with van der Waals surface area (Å²) in [6.45, 7) is 2.20. The third-order valence-corrected chi connectivity index (χ3v) is 3.99. The molecule has 0 bridgehead atoms. The lowest BCUT2D eigenvalue weighted by Gasteiger charge is -2.16. The monoisotopic (exact) mass is 295 g/mol. The highest BCUT2D eigenvalue weighted by molar-refractivity contribution is 9.10. The maximum absolute atomic E-state index is 3.55. The Kier molecular flexibility index (Phi) is 4.02. The summed E-state index contributed by atoms with van der Waals surface area (Å²) in [5, 5.41) is 5.67. The highest BCUT2D eigenvalue weighted by Gasteiger charge is 2.09. The van der Waals surface area contributed by atoms with Crippen molar-refractivity contribution in [1.82, 2.24) is 0 Å². The highest BCUT2D eigenvalue weighted by atomic mass is 79.9. The van der Waals surface area contributed by atoms with Gasteiger partial charge in [-0.05, 0) is 42.1 Å². The van der Waals surface area contributed by atoms with Gasteiger partial charge in [-0.3, -0.25) is 0 Å². The van der Waals surface area contributed by atoms with Gasteiger partial charge in [0.2, 0.25) is 0 Å². The second kappa shape index (κ2) is 5.51. The molecule has 1 nitrogen and oxygen atoms in total. The molecular weight excluding hydrogens is 282 g/mol. The van der Waals surface area contributed by atoms with Crippen LogP contribution in [0.15, 0.2) is 46.3 Å². The van der Waals surface area contributed by atoms with Gasteiger partial charge < -0.3 is 5.32 Å². The van der Waals surface area contributed by atoms with Gasteiger partial charge in [0.05, 0.1) is 6.04 Å². The van der Waals surface area contributed by atoms with E-state index in [1.165, 1.54) is 10.6 Å². The van der Waals surface area contributed by atoms with E-state index < -0.39 is 0 Å². The van der Waals surface area contributed by atoms with Crippen molar-refractivity contribution in [3.05, 3.63) is 51.1 Å². The van der Waals surface area contributed by atoms with Gasteiger partial charge in [0.15, 0.2) is 0 Å². The van der Waals surface area contributed by atoms with E-state index in [2.05, 4.69) is 69.9 Å². The van der Waals surface area contributed by atoms with Gasteiger partial charge in [0, 0.05) is 15.0 Å². The van der Waals surface area contributed by atoms with Crippen LogP contribution in [0, 0.1) is 0 Å². The standard InChI is InChI=1S/C13H14BrNS/c1-2-12(13-4-3-9-16-13)15-11-7-5-10(14)6-8-11/h3-9,12,15H,2H2,1H3. The third-order valence-electron chi connectivity index (χ3n) is 2.48. The van der Waals surface area contributed by atoms with Gasteiger partial charge in [-0.15, -0.1) is 11.3 Å². The Morgan fingerprint density at radius 1 is 1.25 bits per heavy atom. The minimum Gasteiger partial charge on any atom is -0.377 e. The molecule has 16 heavy (non-hydrogen) atoms. The number of rotatable bonds is 4. The molecule has 1 unspecified atom stereocenters. The number of halogens is 1. The van der Waals surface area contributed by atoms with Crippen molar-refractivity contribution >= 4 is 33.0 Å². The molecule has 1 atom stereocenters. The summed E-state index contributed by atoms with van der Waals surface area (Å²) in [5.74, 6) is 0. The maximum atomic E-state index is 3.55. The van der Waals surface area contributed by atoms with Crippen LogP contribution in [-0.4, -0.2) is 0 Å². The van der Waals surface area contributed by atoms with E-state index in [1.54, 1.807) is 11.3 Å². The van der Waals surface area contributed by atoms with E-state index in [0.717, 1.165) is 10.9 Å². The Labute approximate surface area is 109 Å². The van der Waals surface area contributed by atoms with Gasteiger partial charge >= 0.3 is 0 Å². The fourth-order valence-electron chi connectivity index (χ4n) is 1.61. The molecule has 0 spiro atoms. The first-order chi connectivity index (χ1) is 7.79. The van der Waals surface area contributed by atoms with Gasteiger partial charge in [-0.25, -0.2) is 0 Å². The molecule has 2 aromatic rings. The van der Waals surface area contributed by atoms with Crippen LogP contribution in [0.2, 0.25) is 0 Å². The van der Waals surface area contributed by atoms with Crippen LogP contribution in [0.5, 0.6) is 0 Å². The van der Waals surface area contributed by atoms with E-state index in [-0.39, 0.29) is 0 Å². The van der Waals surface area contributed by atoms with Crippen molar-refractivity contribution < 1.29 is 0 Å². The Bertz CT molecular complexity index is 422. The Hall–Kier alpha value is -0.800. The predicted octanol–water partition coefficient (Wildman–Crippen LogP) is 5.07. The summed E-state index contributed by atoms with van der Waals surface area (Å²) in [6, 6.07) is 13.0. The highest BCUT2D eigenvalue weighted by Crippen LogP contribution is 2.26. The first-order valence-electron chi connectivity index (χ1n) is 5.35. The van der Waals surface area contributed by atoms with Crippen LogP contribution in [-0.2, 0) is 0 Å². The lowest BCUT2D eigenvalue weighted by atomic mass is 10.1. The zero-order valence-corrected chi connectivity index (χ0v) is 11.5. The summed E-state index contributed by atoms with van der Waals surface area (Å²) in [4.78, 5) is 1.39. The molecule has 1 N–H and O–H groups in total. The first-order valence-corrected chi connectivity index (χ1v) is 7.02. The van der Waals surface area contributed by atoms with Crippen molar-refractivity contribution in [2.24, 2.45) is 0 Å². The molecule has 0 aliphatic carbocycles. The van der Waals surface area contributed by atoms with Crippen molar-refractivity contribution in [2.75, 3.05) is 5.32 Å². The molecule has 0 saturated carbocycles. The molecule has 0 radical (unpaired) electrons. The SMILES string of the molecule is CCC(Nc1ccc(Br)cc1)c1cccs1. The van der Waals surface area contributed by atoms with Crippen molar-refractivity contribution in [3.63, 3.8) is 0 Å². The van der Waals surface area contributed by atoms with Crippen LogP contribution in [0.25, 0.3) is 0 Å². The lowest BCUT2D eigenvalue weighted by Crippen LogP contribution is -2.07. The van der Waals surface area contributed by atoms with Crippen LogP contribution in [0.3, 0.4) is 0 Å². The van der Waals surface area contributed by atoms with E-state index >= 15 is 0 Å². The summed E-state index contributed by atoms with van der Waals surface area (Å²) < 4.78 is 1.11.